The second kappa shape index (κ2) is 7.09. The number of aliphatic hydroxyl groups is 1. The lowest BCUT2D eigenvalue weighted by Crippen LogP contribution is -2.37. The molecule has 2 rings (SSSR count). The molecule has 0 amide bonds. The standard InChI is InChI=1S/C17H28N2O/c1-4-17(20)14-7-9-15(10-8-14)19-12-11-16(13-19)18(5-2)6-3/h7-10,16-17,20H,4-6,11-13H2,1-3H3/t16?,17-/m1/s1. The van der Waals surface area contributed by atoms with Crippen molar-refractivity contribution >= 4 is 5.69 Å². The van der Waals surface area contributed by atoms with Crippen molar-refractivity contribution in [3.05, 3.63) is 29.8 Å². The minimum atomic E-state index is -0.328. The molecule has 1 N–H and O–H groups in total. The maximum absolute atomic E-state index is 9.84. The Balaban J connectivity index is 1.99. The Kier molecular flexibility index (Phi) is 5.44. The van der Waals surface area contributed by atoms with Gasteiger partial charge in [0.25, 0.3) is 0 Å². The lowest BCUT2D eigenvalue weighted by molar-refractivity contribution is 0.173. The van der Waals surface area contributed by atoms with E-state index in [-0.39, 0.29) is 6.10 Å². The van der Waals surface area contributed by atoms with E-state index < -0.39 is 0 Å². The minimum absolute atomic E-state index is 0.328. The van der Waals surface area contributed by atoms with Gasteiger partial charge in [0.15, 0.2) is 0 Å². The molecular weight excluding hydrogens is 248 g/mol. The quantitative estimate of drug-likeness (QED) is 0.865. The molecule has 0 spiro atoms. The maximum atomic E-state index is 9.84. The van der Waals surface area contributed by atoms with Crippen LogP contribution in [0.15, 0.2) is 24.3 Å². The molecule has 0 saturated carbocycles. The van der Waals surface area contributed by atoms with E-state index in [0.29, 0.717) is 6.04 Å². The summed E-state index contributed by atoms with van der Waals surface area (Å²) in [6, 6.07) is 9.12. The van der Waals surface area contributed by atoms with Crippen LogP contribution >= 0.6 is 0 Å². The molecular formula is C17H28N2O. The van der Waals surface area contributed by atoms with E-state index in [4.69, 9.17) is 0 Å². The van der Waals surface area contributed by atoms with Gasteiger partial charge in [-0.05, 0) is 43.6 Å². The summed E-state index contributed by atoms with van der Waals surface area (Å²) in [7, 11) is 0. The molecule has 112 valence electrons. The highest BCUT2D eigenvalue weighted by Crippen LogP contribution is 2.25. The van der Waals surface area contributed by atoms with Gasteiger partial charge < -0.3 is 10.0 Å². The predicted octanol–water partition coefficient (Wildman–Crippen LogP) is 3.05. The number of anilines is 1. The molecule has 1 aliphatic rings. The van der Waals surface area contributed by atoms with Gasteiger partial charge in [0.1, 0.15) is 0 Å². The number of aliphatic hydroxyl groups excluding tert-OH is 1. The molecule has 1 heterocycles. The van der Waals surface area contributed by atoms with Gasteiger partial charge in [-0.3, -0.25) is 4.90 Å². The van der Waals surface area contributed by atoms with Crippen LogP contribution in [0.5, 0.6) is 0 Å². The van der Waals surface area contributed by atoms with Crippen molar-refractivity contribution in [1.29, 1.82) is 0 Å². The lowest BCUT2D eigenvalue weighted by atomic mass is 10.1. The molecule has 3 heteroatoms. The molecule has 0 radical (unpaired) electrons. The first-order valence-corrected chi connectivity index (χ1v) is 7.96. The molecule has 0 aromatic heterocycles. The van der Waals surface area contributed by atoms with Crippen molar-refractivity contribution in [2.75, 3.05) is 31.1 Å². The highest BCUT2D eigenvalue weighted by Gasteiger charge is 2.26. The first-order chi connectivity index (χ1) is 9.69. The highest BCUT2D eigenvalue weighted by molar-refractivity contribution is 5.49. The largest absolute Gasteiger partial charge is 0.388 e. The van der Waals surface area contributed by atoms with Gasteiger partial charge in [-0.25, -0.2) is 0 Å². The molecule has 0 bridgehead atoms. The normalized spacial score (nSPS) is 20.6. The second-order valence-electron chi connectivity index (χ2n) is 5.63. The number of hydrogen-bond acceptors (Lipinski definition) is 3. The van der Waals surface area contributed by atoms with Gasteiger partial charge in [0.2, 0.25) is 0 Å². The number of rotatable bonds is 6. The molecule has 0 aliphatic carbocycles. The zero-order valence-electron chi connectivity index (χ0n) is 13.0. The van der Waals surface area contributed by atoms with Crippen molar-refractivity contribution in [2.24, 2.45) is 0 Å². The van der Waals surface area contributed by atoms with Crippen LogP contribution < -0.4 is 4.90 Å². The topological polar surface area (TPSA) is 26.7 Å². The van der Waals surface area contributed by atoms with E-state index in [2.05, 4.69) is 47.9 Å². The summed E-state index contributed by atoms with van der Waals surface area (Å²) in [6.07, 6.45) is 1.69. The Morgan fingerprint density at radius 3 is 2.40 bits per heavy atom. The van der Waals surface area contributed by atoms with Crippen LogP contribution in [0.4, 0.5) is 5.69 Å². The van der Waals surface area contributed by atoms with Crippen molar-refractivity contribution in [3.8, 4) is 0 Å². The van der Waals surface area contributed by atoms with Crippen LogP contribution in [-0.2, 0) is 0 Å². The molecule has 2 atom stereocenters. The van der Waals surface area contributed by atoms with E-state index in [0.717, 1.165) is 38.2 Å². The second-order valence-corrected chi connectivity index (χ2v) is 5.63. The molecule has 1 aliphatic heterocycles. The third kappa shape index (κ3) is 3.33. The fourth-order valence-corrected chi connectivity index (χ4v) is 3.16. The van der Waals surface area contributed by atoms with Gasteiger partial charge in [0.05, 0.1) is 6.10 Å². The average molecular weight is 276 g/mol. The van der Waals surface area contributed by atoms with E-state index in [9.17, 15) is 5.11 Å². The van der Waals surface area contributed by atoms with Gasteiger partial charge in [0, 0.05) is 24.8 Å². The van der Waals surface area contributed by atoms with Crippen molar-refractivity contribution < 1.29 is 5.11 Å². The van der Waals surface area contributed by atoms with Crippen LogP contribution in [0.3, 0.4) is 0 Å². The fourth-order valence-electron chi connectivity index (χ4n) is 3.16. The average Bonchev–Trinajstić information content (AvgIpc) is 2.97. The number of benzene rings is 1. The number of hydrogen-bond donors (Lipinski definition) is 1. The Morgan fingerprint density at radius 1 is 1.20 bits per heavy atom. The van der Waals surface area contributed by atoms with E-state index in [1.807, 2.05) is 6.92 Å². The van der Waals surface area contributed by atoms with E-state index >= 15 is 0 Å². The summed E-state index contributed by atoms with van der Waals surface area (Å²) in [4.78, 5) is 5.01. The predicted molar refractivity (Wildman–Crippen MR) is 85.2 cm³/mol. The van der Waals surface area contributed by atoms with Crippen LogP contribution in [0.25, 0.3) is 0 Å². The Morgan fingerprint density at radius 2 is 1.85 bits per heavy atom. The molecule has 1 saturated heterocycles. The molecule has 1 aromatic carbocycles. The minimum Gasteiger partial charge on any atom is -0.388 e. The molecule has 1 aromatic rings. The summed E-state index contributed by atoms with van der Waals surface area (Å²) in [5, 5.41) is 9.84. The zero-order valence-corrected chi connectivity index (χ0v) is 13.0. The van der Waals surface area contributed by atoms with Gasteiger partial charge >= 0.3 is 0 Å². The third-order valence-electron chi connectivity index (χ3n) is 4.52. The third-order valence-corrected chi connectivity index (χ3v) is 4.52. The SMILES string of the molecule is CC[C@@H](O)c1ccc(N2CCC(N(CC)CC)C2)cc1. The van der Waals surface area contributed by atoms with Crippen LogP contribution in [0.2, 0.25) is 0 Å². The maximum Gasteiger partial charge on any atom is 0.0787 e. The van der Waals surface area contributed by atoms with E-state index in [1.165, 1.54) is 12.1 Å². The lowest BCUT2D eigenvalue weighted by Gasteiger charge is -2.26. The summed E-state index contributed by atoms with van der Waals surface area (Å²) in [5.41, 5.74) is 2.31. The Labute approximate surface area is 123 Å². The summed E-state index contributed by atoms with van der Waals surface area (Å²) in [5.74, 6) is 0. The smallest absolute Gasteiger partial charge is 0.0787 e. The molecule has 1 fully saturated rings. The zero-order chi connectivity index (χ0) is 14.5. The van der Waals surface area contributed by atoms with Crippen molar-refractivity contribution in [1.82, 2.24) is 4.90 Å². The first-order valence-electron chi connectivity index (χ1n) is 7.96. The first kappa shape index (κ1) is 15.3. The highest BCUT2D eigenvalue weighted by atomic mass is 16.3. The van der Waals surface area contributed by atoms with Crippen molar-refractivity contribution in [3.63, 3.8) is 0 Å². The summed E-state index contributed by atoms with van der Waals surface area (Å²) >= 11 is 0. The van der Waals surface area contributed by atoms with Crippen LogP contribution in [-0.4, -0.2) is 42.2 Å². The van der Waals surface area contributed by atoms with Gasteiger partial charge in [-0.2, -0.15) is 0 Å². The Bertz CT molecular complexity index is 400. The fraction of sp³-hybridized carbons (Fsp3) is 0.647. The summed E-state index contributed by atoms with van der Waals surface area (Å²) in [6.45, 7) is 11.0. The number of likely N-dealkylation sites (N-methyl/N-ethyl adjacent to an activating group) is 1. The molecule has 20 heavy (non-hydrogen) atoms. The van der Waals surface area contributed by atoms with Crippen LogP contribution in [0, 0.1) is 0 Å². The Hall–Kier alpha value is -1.06. The van der Waals surface area contributed by atoms with E-state index in [1.54, 1.807) is 0 Å². The number of nitrogens with zero attached hydrogens (tertiary/aromatic N) is 2. The molecule has 1 unspecified atom stereocenters. The molecule has 3 nitrogen and oxygen atoms in total. The monoisotopic (exact) mass is 276 g/mol. The van der Waals surface area contributed by atoms with Crippen LogP contribution in [0.1, 0.15) is 45.3 Å². The summed E-state index contributed by atoms with van der Waals surface area (Å²) < 4.78 is 0. The van der Waals surface area contributed by atoms with Crippen molar-refractivity contribution in [2.45, 2.75) is 45.8 Å². The van der Waals surface area contributed by atoms with Gasteiger partial charge in [-0.15, -0.1) is 0 Å². The van der Waals surface area contributed by atoms with Gasteiger partial charge in [-0.1, -0.05) is 32.9 Å².